The minimum Gasteiger partial charge on any atom is -0.504 e. The Morgan fingerprint density at radius 2 is 2.16 bits per heavy atom. The molecule has 0 saturated carbocycles. The number of carbonyl (C=O) groups is 1. The van der Waals surface area contributed by atoms with E-state index in [0.29, 0.717) is 22.1 Å². The molecule has 0 bridgehead atoms. The average Bonchev–Trinajstić information content (AvgIpc) is 2.63. The van der Waals surface area contributed by atoms with Crippen molar-refractivity contribution in [2.24, 2.45) is 5.10 Å². The molecule has 1 amide bonds. The molecule has 1 atom stereocenters. The standard InChI is InChI=1S/C17H15ClN2O5/c1-23-14-7-11(18)6-10(16(14)21)8-19-20-17(22)15-9-24-12-4-2-3-5-13(12)25-15/h2-8,15,21H,9H2,1H3,(H,20,22)/b19-8+/t15-/m0/s1. The number of rotatable bonds is 4. The molecule has 0 saturated heterocycles. The molecule has 3 rings (SSSR count). The Morgan fingerprint density at radius 1 is 1.40 bits per heavy atom. The van der Waals surface area contributed by atoms with Crippen molar-refractivity contribution >= 4 is 23.7 Å². The van der Waals surface area contributed by atoms with Gasteiger partial charge in [-0.15, -0.1) is 0 Å². The van der Waals surface area contributed by atoms with E-state index in [2.05, 4.69) is 10.5 Å². The number of hydrazone groups is 1. The summed E-state index contributed by atoms with van der Waals surface area (Å²) in [5.74, 6) is 0.692. The predicted octanol–water partition coefficient (Wildman–Crippen LogP) is 2.34. The molecule has 130 valence electrons. The highest BCUT2D eigenvalue weighted by Gasteiger charge is 2.27. The molecule has 0 spiro atoms. The maximum absolute atomic E-state index is 12.1. The second kappa shape index (κ2) is 7.31. The van der Waals surface area contributed by atoms with E-state index in [1.807, 2.05) is 6.07 Å². The number of ether oxygens (including phenoxy) is 3. The van der Waals surface area contributed by atoms with E-state index in [0.717, 1.165) is 0 Å². The molecule has 0 unspecified atom stereocenters. The fourth-order valence-corrected chi connectivity index (χ4v) is 2.45. The van der Waals surface area contributed by atoms with Crippen LogP contribution in [-0.4, -0.2) is 37.0 Å². The molecule has 1 aliphatic heterocycles. The number of phenols is 1. The van der Waals surface area contributed by atoms with Crippen LogP contribution in [0.1, 0.15) is 5.56 Å². The number of halogens is 1. The summed E-state index contributed by atoms with van der Waals surface area (Å²) < 4.78 is 16.1. The predicted molar refractivity (Wildman–Crippen MR) is 91.8 cm³/mol. The van der Waals surface area contributed by atoms with Gasteiger partial charge in [-0.2, -0.15) is 5.10 Å². The second-order valence-corrected chi connectivity index (χ2v) is 5.58. The van der Waals surface area contributed by atoms with E-state index in [-0.39, 0.29) is 18.1 Å². The maximum Gasteiger partial charge on any atom is 0.284 e. The van der Waals surface area contributed by atoms with Gasteiger partial charge in [-0.25, -0.2) is 5.43 Å². The van der Waals surface area contributed by atoms with Gasteiger partial charge in [-0.1, -0.05) is 23.7 Å². The highest BCUT2D eigenvalue weighted by molar-refractivity contribution is 6.31. The van der Waals surface area contributed by atoms with E-state index in [1.165, 1.54) is 25.5 Å². The van der Waals surface area contributed by atoms with Crippen LogP contribution in [0.15, 0.2) is 41.5 Å². The Balaban J connectivity index is 1.65. The molecule has 25 heavy (non-hydrogen) atoms. The fourth-order valence-electron chi connectivity index (χ4n) is 2.23. The van der Waals surface area contributed by atoms with Gasteiger partial charge >= 0.3 is 0 Å². The van der Waals surface area contributed by atoms with E-state index in [1.54, 1.807) is 18.2 Å². The van der Waals surface area contributed by atoms with Gasteiger partial charge in [0, 0.05) is 16.7 Å². The average molecular weight is 363 g/mol. The van der Waals surface area contributed by atoms with Gasteiger partial charge in [-0.05, 0) is 18.2 Å². The number of hydrogen-bond donors (Lipinski definition) is 2. The lowest BCUT2D eigenvalue weighted by Crippen LogP contribution is -2.42. The van der Waals surface area contributed by atoms with Crippen LogP contribution in [0.2, 0.25) is 5.02 Å². The number of hydrogen-bond acceptors (Lipinski definition) is 6. The minimum atomic E-state index is -0.824. The summed E-state index contributed by atoms with van der Waals surface area (Å²) in [5.41, 5.74) is 2.65. The molecule has 0 aromatic heterocycles. The van der Waals surface area contributed by atoms with Gasteiger partial charge in [0.05, 0.1) is 13.3 Å². The Kier molecular flexibility index (Phi) is 4.95. The largest absolute Gasteiger partial charge is 0.504 e. The molecule has 0 aliphatic carbocycles. The van der Waals surface area contributed by atoms with Crippen LogP contribution in [-0.2, 0) is 4.79 Å². The zero-order chi connectivity index (χ0) is 17.8. The number of nitrogens with zero attached hydrogens (tertiary/aromatic N) is 1. The third-order valence-electron chi connectivity index (χ3n) is 3.47. The van der Waals surface area contributed by atoms with Crippen molar-refractivity contribution < 1.29 is 24.1 Å². The van der Waals surface area contributed by atoms with Crippen LogP contribution < -0.4 is 19.6 Å². The summed E-state index contributed by atoms with van der Waals surface area (Å²) in [7, 11) is 1.41. The molecule has 0 fully saturated rings. The lowest BCUT2D eigenvalue weighted by Gasteiger charge is -2.24. The number of amides is 1. The second-order valence-electron chi connectivity index (χ2n) is 5.14. The number of aromatic hydroxyl groups is 1. The Labute approximate surface area is 148 Å². The van der Waals surface area contributed by atoms with Crippen LogP contribution in [0.5, 0.6) is 23.0 Å². The molecule has 1 heterocycles. The number of carbonyl (C=O) groups excluding carboxylic acids is 1. The first-order chi connectivity index (χ1) is 12.1. The van der Waals surface area contributed by atoms with Crippen LogP contribution in [0.4, 0.5) is 0 Å². The summed E-state index contributed by atoms with van der Waals surface area (Å²) in [6.45, 7) is 0.0780. The van der Waals surface area contributed by atoms with Gasteiger partial charge in [0.25, 0.3) is 5.91 Å². The lowest BCUT2D eigenvalue weighted by molar-refractivity contribution is -0.130. The Morgan fingerprint density at radius 3 is 2.92 bits per heavy atom. The summed E-state index contributed by atoms with van der Waals surface area (Å²) in [4.78, 5) is 12.1. The lowest BCUT2D eigenvalue weighted by atomic mass is 10.2. The Bertz CT molecular complexity index is 825. The van der Waals surface area contributed by atoms with Crippen LogP contribution in [0.3, 0.4) is 0 Å². The number of benzene rings is 2. The normalized spacial score (nSPS) is 15.8. The van der Waals surface area contributed by atoms with Gasteiger partial charge in [0.2, 0.25) is 6.10 Å². The molecule has 1 aliphatic rings. The van der Waals surface area contributed by atoms with Crippen LogP contribution >= 0.6 is 11.6 Å². The third kappa shape index (κ3) is 3.77. The molecular weight excluding hydrogens is 348 g/mol. The molecular formula is C17H15ClN2O5. The molecule has 2 aromatic carbocycles. The minimum absolute atomic E-state index is 0.0780. The van der Waals surface area contributed by atoms with Gasteiger partial charge in [0.15, 0.2) is 23.0 Å². The van der Waals surface area contributed by atoms with Crippen molar-refractivity contribution in [2.75, 3.05) is 13.7 Å². The van der Waals surface area contributed by atoms with E-state index in [9.17, 15) is 9.90 Å². The molecule has 2 N–H and O–H groups in total. The van der Waals surface area contributed by atoms with Gasteiger partial charge < -0.3 is 19.3 Å². The molecule has 0 radical (unpaired) electrons. The summed E-state index contributed by atoms with van der Waals surface area (Å²) in [5, 5.41) is 14.2. The van der Waals surface area contributed by atoms with E-state index >= 15 is 0 Å². The van der Waals surface area contributed by atoms with Crippen molar-refractivity contribution in [1.29, 1.82) is 0 Å². The number of fused-ring (bicyclic) bond motifs is 1. The van der Waals surface area contributed by atoms with Gasteiger partial charge in [0.1, 0.15) is 6.61 Å². The van der Waals surface area contributed by atoms with Crippen molar-refractivity contribution in [2.45, 2.75) is 6.10 Å². The molecule has 7 nitrogen and oxygen atoms in total. The number of para-hydroxylation sites is 2. The monoisotopic (exact) mass is 362 g/mol. The number of nitrogens with one attached hydrogen (secondary N) is 1. The van der Waals surface area contributed by atoms with Crippen molar-refractivity contribution in [1.82, 2.24) is 5.43 Å². The highest BCUT2D eigenvalue weighted by Crippen LogP contribution is 2.32. The quantitative estimate of drug-likeness (QED) is 0.643. The summed E-state index contributed by atoms with van der Waals surface area (Å²) >= 11 is 5.94. The third-order valence-corrected chi connectivity index (χ3v) is 3.69. The van der Waals surface area contributed by atoms with Crippen molar-refractivity contribution in [3.05, 3.63) is 47.0 Å². The smallest absolute Gasteiger partial charge is 0.284 e. The summed E-state index contributed by atoms with van der Waals surface area (Å²) in [6.07, 6.45) is 0.439. The van der Waals surface area contributed by atoms with Crippen molar-refractivity contribution in [3.63, 3.8) is 0 Å². The van der Waals surface area contributed by atoms with Crippen LogP contribution in [0, 0.1) is 0 Å². The first-order valence-electron chi connectivity index (χ1n) is 7.36. The molecule has 2 aromatic rings. The highest BCUT2D eigenvalue weighted by atomic mass is 35.5. The van der Waals surface area contributed by atoms with Crippen molar-refractivity contribution in [3.8, 4) is 23.0 Å². The van der Waals surface area contributed by atoms with E-state index in [4.69, 9.17) is 25.8 Å². The zero-order valence-electron chi connectivity index (χ0n) is 13.2. The Hall–Kier alpha value is -2.93. The molecule has 8 heteroatoms. The summed E-state index contributed by atoms with van der Waals surface area (Å²) in [6, 6.07) is 10.0. The van der Waals surface area contributed by atoms with Crippen LogP contribution in [0.25, 0.3) is 0 Å². The topological polar surface area (TPSA) is 89.4 Å². The first-order valence-corrected chi connectivity index (χ1v) is 7.74. The first kappa shape index (κ1) is 16.9. The number of methoxy groups -OCH3 is 1. The van der Waals surface area contributed by atoms with E-state index < -0.39 is 12.0 Å². The van der Waals surface area contributed by atoms with Gasteiger partial charge in [-0.3, -0.25) is 4.79 Å². The number of phenolic OH excluding ortho intramolecular Hbond substituents is 1. The maximum atomic E-state index is 12.1. The SMILES string of the molecule is COc1cc(Cl)cc(/C=N/NC(=O)[C@@H]2COc3ccccc3O2)c1O. The fraction of sp³-hybridized carbons (Fsp3) is 0.176. The zero-order valence-corrected chi connectivity index (χ0v) is 14.0.